The largest absolute Gasteiger partial charge is 0.484 e. The Labute approximate surface area is 221 Å². The van der Waals surface area contributed by atoms with E-state index in [9.17, 15) is 19.1 Å². The second-order valence-electron chi connectivity index (χ2n) is 11.2. The summed E-state index contributed by atoms with van der Waals surface area (Å²) in [4.78, 5) is 25.2. The first-order valence-electron chi connectivity index (χ1n) is 12.5. The molecule has 9 heteroatoms. The Bertz CT molecular complexity index is 1140. The quantitative estimate of drug-likeness (QED) is 0.471. The van der Waals surface area contributed by atoms with Crippen LogP contribution in [0.15, 0.2) is 42.5 Å². The number of amides is 2. The first-order valence-corrected chi connectivity index (χ1v) is 12.9. The number of carbonyl (C=O) groups is 2. The molecule has 2 aromatic carbocycles. The number of halogens is 2. The van der Waals surface area contributed by atoms with Crippen molar-refractivity contribution in [2.24, 2.45) is 0 Å². The van der Waals surface area contributed by atoms with Gasteiger partial charge in [-0.15, -0.1) is 0 Å². The molecule has 37 heavy (non-hydrogen) atoms. The average molecular weight is 533 g/mol. The molecular formula is C28H34ClFN2O5. The molecule has 0 spiro atoms. The van der Waals surface area contributed by atoms with Crippen LogP contribution in [-0.2, 0) is 15.0 Å². The van der Waals surface area contributed by atoms with Crippen LogP contribution in [0.4, 0.5) is 4.39 Å². The van der Waals surface area contributed by atoms with Crippen molar-refractivity contribution in [1.82, 2.24) is 10.6 Å². The summed E-state index contributed by atoms with van der Waals surface area (Å²) < 4.78 is 24.6. The molecule has 3 saturated carbocycles. The van der Waals surface area contributed by atoms with Crippen LogP contribution in [0.25, 0.3) is 0 Å². The van der Waals surface area contributed by atoms with E-state index in [0.29, 0.717) is 37.9 Å². The van der Waals surface area contributed by atoms with E-state index in [0.717, 1.165) is 6.07 Å². The fourth-order valence-corrected chi connectivity index (χ4v) is 5.34. The average Bonchev–Trinajstić information content (AvgIpc) is 2.84. The Morgan fingerprint density at radius 3 is 2.11 bits per heavy atom. The van der Waals surface area contributed by atoms with E-state index in [-0.39, 0.29) is 41.2 Å². The summed E-state index contributed by atoms with van der Waals surface area (Å²) in [6.45, 7) is 5.97. The van der Waals surface area contributed by atoms with Gasteiger partial charge in [-0.2, -0.15) is 0 Å². The lowest BCUT2D eigenvalue weighted by Crippen LogP contribution is -2.70. The Hall–Kier alpha value is -2.84. The smallest absolute Gasteiger partial charge is 0.258 e. The summed E-state index contributed by atoms with van der Waals surface area (Å²) >= 11 is 5.67. The first-order chi connectivity index (χ1) is 17.4. The first kappa shape index (κ1) is 27.2. The van der Waals surface area contributed by atoms with Gasteiger partial charge in [0.2, 0.25) is 0 Å². The molecule has 0 heterocycles. The van der Waals surface area contributed by atoms with Gasteiger partial charge in [0.05, 0.1) is 16.7 Å². The molecule has 0 radical (unpaired) electrons. The van der Waals surface area contributed by atoms with Gasteiger partial charge in [-0.1, -0.05) is 44.5 Å². The third-order valence-electron chi connectivity index (χ3n) is 7.47. The van der Waals surface area contributed by atoms with Gasteiger partial charge in [0.15, 0.2) is 13.2 Å². The number of hydrogen-bond donors (Lipinski definition) is 3. The number of nitrogens with one attached hydrogen (secondary N) is 2. The molecule has 1 atom stereocenters. The van der Waals surface area contributed by atoms with Crippen LogP contribution in [0, 0.1) is 5.82 Å². The standard InChI is InChI=1S/C28H34ClFN2O5/c1-26(2,3)18-4-6-19(7-5-18)36-17-25(35)32-28-12-10-27(11-13-28,15-23(28)33)31-24(34)16-37-20-8-9-21(29)22(30)14-20/h4-9,14,23,33H,10-13,15-17H2,1-3H3,(H,31,34)(H,32,35)/t23-,27?,28?/m0/s1. The number of aliphatic hydroxyl groups excluding tert-OH is 1. The molecule has 7 nitrogen and oxygen atoms in total. The Balaban J connectivity index is 1.26. The number of hydrogen-bond acceptors (Lipinski definition) is 5. The van der Waals surface area contributed by atoms with Crippen molar-refractivity contribution in [3.05, 3.63) is 58.9 Å². The normalized spacial score (nSPS) is 24.9. The predicted octanol–water partition coefficient (Wildman–Crippen LogP) is 4.28. The molecule has 3 aliphatic carbocycles. The molecule has 0 unspecified atom stereocenters. The van der Waals surface area contributed by atoms with E-state index in [1.54, 1.807) is 0 Å². The van der Waals surface area contributed by atoms with Gasteiger partial charge in [0.1, 0.15) is 17.3 Å². The molecule has 2 bridgehead atoms. The number of carbonyl (C=O) groups excluding carboxylic acids is 2. The van der Waals surface area contributed by atoms with Crippen molar-refractivity contribution in [3.8, 4) is 11.5 Å². The summed E-state index contributed by atoms with van der Waals surface area (Å²) in [5.74, 6) is -0.453. The van der Waals surface area contributed by atoms with Crippen molar-refractivity contribution in [2.75, 3.05) is 13.2 Å². The van der Waals surface area contributed by atoms with E-state index in [2.05, 4.69) is 31.4 Å². The Morgan fingerprint density at radius 2 is 1.54 bits per heavy atom. The van der Waals surface area contributed by atoms with Gasteiger partial charge in [-0.25, -0.2) is 4.39 Å². The minimum absolute atomic E-state index is 0.0222. The van der Waals surface area contributed by atoms with Crippen molar-refractivity contribution >= 4 is 23.4 Å². The Morgan fingerprint density at radius 1 is 0.973 bits per heavy atom. The molecule has 3 fully saturated rings. The third-order valence-corrected chi connectivity index (χ3v) is 7.77. The van der Waals surface area contributed by atoms with E-state index < -0.39 is 23.0 Å². The second kappa shape index (κ2) is 10.5. The zero-order chi connectivity index (χ0) is 26.8. The summed E-state index contributed by atoms with van der Waals surface area (Å²) in [6, 6.07) is 11.7. The van der Waals surface area contributed by atoms with Crippen molar-refractivity contribution in [1.29, 1.82) is 0 Å². The highest BCUT2D eigenvalue weighted by Gasteiger charge is 2.55. The van der Waals surface area contributed by atoms with Gasteiger partial charge in [-0.05, 0) is 67.3 Å². The van der Waals surface area contributed by atoms with E-state index in [1.165, 1.54) is 17.7 Å². The molecule has 3 N–H and O–H groups in total. The molecule has 0 aromatic heterocycles. The van der Waals surface area contributed by atoms with Crippen LogP contribution in [0.3, 0.4) is 0 Å². The molecule has 2 aromatic rings. The van der Waals surface area contributed by atoms with Crippen molar-refractivity contribution in [3.63, 3.8) is 0 Å². The molecule has 2 amide bonds. The molecular weight excluding hydrogens is 499 g/mol. The van der Waals surface area contributed by atoms with Gasteiger partial charge in [0, 0.05) is 11.6 Å². The fourth-order valence-electron chi connectivity index (χ4n) is 5.22. The zero-order valence-corrected chi connectivity index (χ0v) is 22.2. The molecule has 0 aliphatic heterocycles. The summed E-state index contributed by atoms with van der Waals surface area (Å²) in [5, 5.41) is 16.9. The van der Waals surface area contributed by atoms with Gasteiger partial charge in [0.25, 0.3) is 11.8 Å². The number of benzene rings is 2. The summed E-state index contributed by atoms with van der Waals surface area (Å²) in [6.07, 6.45) is 1.80. The van der Waals surface area contributed by atoms with Gasteiger partial charge in [-0.3, -0.25) is 9.59 Å². The third kappa shape index (κ3) is 6.36. The molecule has 3 aliphatic rings. The molecule has 200 valence electrons. The van der Waals surface area contributed by atoms with Crippen molar-refractivity contribution in [2.45, 2.75) is 75.5 Å². The van der Waals surface area contributed by atoms with Crippen LogP contribution in [0.2, 0.25) is 5.02 Å². The van der Waals surface area contributed by atoms with Gasteiger partial charge >= 0.3 is 0 Å². The highest BCUT2D eigenvalue weighted by Crippen LogP contribution is 2.47. The van der Waals surface area contributed by atoms with Crippen LogP contribution in [0.1, 0.15) is 58.4 Å². The number of ether oxygens (including phenoxy) is 2. The second-order valence-corrected chi connectivity index (χ2v) is 11.6. The minimum Gasteiger partial charge on any atom is -0.484 e. The fraction of sp³-hybridized carbons (Fsp3) is 0.500. The Kier molecular flexibility index (Phi) is 7.72. The topological polar surface area (TPSA) is 96.9 Å². The summed E-state index contributed by atoms with van der Waals surface area (Å²) in [5.41, 5.74) is -0.0921. The van der Waals surface area contributed by atoms with Crippen LogP contribution in [0.5, 0.6) is 11.5 Å². The van der Waals surface area contributed by atoms with Crippen LogP contribution < -0.4 is 20.1 Å². The molecule has 5 rings (SSSR count). The zero-order valence-electron chi connectivity index (χ0n) is 21.4. The van der Waals surface area contributed by atoms with E-state index in [4.69, 9.17) is 21.1 Å². The van der Waals surface area contributed by atoms with Crippen LogP contribution in [-0.4, -0.2) is 47.3 Å². The lowest BCUT2D eigenvalue weighted by molar-refractivity contribution is -0.137. The lowest BCUT2D eigenvalue weighted by atomic mass is 9.60. The maximum Gasteiger partial charge on any atom is 0.258 e. The monoisotopic (exact) mass is 532 g/mol. The molecule has 0 saturated heterocycles. The maximum atomic E-state index is 13.6. The highest BCUT2D eigenvalue weighted by atomic mass is 35.5. The van der Waals surface area contributed by atoms with E-state index in [1.807, 2.05) is 24.3 Å². The number of fused-ring (bicyclic) bond motifs is 3. The van der Waals surface area contributed by atoms with E-state index >= 15 is 0 Å². The maximum absolute atomic E-state index is 13.6. The number of rotatable bonds is 8. The van der Waals surface area contributed by atoms with Crippen molar-refractivity contribution < 1.29 is 28.6 Å². The minimum atomic E-state index is -0.809. The SMILES string of the molecule is CC(C)(C)c1ccc(OCC(=O)NC23CCC(NC(=O)COc4ccc(Cl)c(F)c4)(CC2)C[C@@H]3O)cc1. The lowest BCUT2D eigenvalue weighted by Gasteiger charge is -2.56. The van der Waals surface area contributed by atoms with Gasteiger partial charge < -0.3 is 25.2 Å². The summed E-state index contributed by atoms with van der Waals surface area (Å²) in [7, 11) is 0. The highest BCUT2D eigenvalue weighted by molar-refractivity contribution is 6.30. The number of aliphatic hydroxyl groups is 1. The van der Waals surface area contributed by atoms with Crippen LogP contribution >= 0.6 is 11.6 Å². The predicted molar refractivity (Wildman–Crippen MR) is 138 cm³/mol.